The second-order valence-corrected chi connectivity index (χ2v) is 2.37. The summed E-state index contributed by atoms with van der Waals surface area (Å²) < 4.78 is 0. The van der Waals surface area contributed by atoms with Gasteiger partial charge in [-0.3, -0.25) is 0 Å². The summed E-state index contributed by atoms with van der Waals surface area (Å²) in [5.41, 5.74) is 2.28. The van der Waals surface area contributed by atoms with Crippen LogP contribution in [0.3, 0.4) is 0 Å². The number of hydrogen-bond donors (Lipinski definition) is 0. The minimum Gasteiger partial charge on any atom is -0.108 e. The maximum absolute atomic E-state index is 5.23. The van der Waals surface area contributed by atoms with Gasteiger partial charge in [-0.25, -0.2) is 0 Å². The van der Waals surface area contributed by atoms with Crippen LogP contribution in [0.15, 0.2) is 24.3 Å². The smallest absolute Gasteiger partial charge is 0.0828 e. The predicted molar refractivity (Wildman–Crippen MR) is 48.6 cm³/mol. The molecule has 0 heterocycles. The fourth-order valence-corrected chi connectivity index (χ4v) is 0.790. The minimum absolute atomic E-state index is 0.424. The lowest BCUT2D eigenvalue weighted by molar-refractivity contribution is 1.46. The van der Waals surface area contributed by atoms with E-state index in [-0.39, 0.29) is 0 Å². The largest absolute Gasteiger partial charge is 0.108 e. The summed E-state index contributed by atoms with van der Waals surface area (Å²) in [5, 5.41) is 0. The molecule has 2 radical (unpaired) electrons. The first-order chi connectivity index (χ1) is 5.33. The molecule has 1 rings (SSSR count). The van der Waals surface area contributed by atoms with Crippen molar-refractivity contribution >= 4 is 7.85 Å². The molecule has 0 fully saturated rings. The van der Waals surface area contributed by atoms with Gasteiger partial charge in [0.2, 0.25) is 0 Å². The van der Waals surface area contributed by atoms with E-state index in [1.54, 1.807) is 0 Å². The third-order valence-electron chi connectivity index (χ3n) is 1.39. The molecule has 0 nitrogen and oxygen atoms in total. The molecular weight excluding hydrogens is 131 g/mol. The molecule has 0 amide bonds. The highest BCUT2D eigenvalue weighted by molar-refractivity contribution is 6.10. The summed E-state index contributed by atoms with van der Waals surface area (Å²) in [6, 6.07) is 8.08. The Balaban J connectivity index is 2.82. The van der Waals surface area contributed by atoms with Crippen molar-refractivity contribution in [1.82, 2.24) is 0 Å². The molecule has 0 spiro atoms. The van der Waals surface area contributed by atoms with E-state index in [2.05, 4.69) is 18.8 Å². The first-order valence-corrected chi connectivity index (χ1v) is 3.58. The van der Waals surface area contributed by atoms with Crippen molar-refractivity contribution in [2.45, 2.75) is 13.2 Å². The third kappa shape index (κ3) is 2.51. The van der Waals surface area contributed by atoms with E-state index in [1.165, 1.54) is 5.56 Å². The van der Waals surface area contributed by atoms with Crippen LogP contribution in [0.2, 0.25) is 6.32 Å². The Kier molecular flexibility index (Phi) is 2.80. The Hall–Kier alpha value is -1.16. The lowest BCUT2D eigenvalue weighted by atomic mass is 10.1. The fourth-order valence-electron chi connectivity index (χ4n) is 0.790. The SMILES string of the molecule is [B]CC#Cc1ccc(C)cc1. The van der Waals surface area contributed by atoms with Crippen LogP contribution in [0.25, 0.3) is 0 Å². The molecule has 1 heteroatoms. The van der Waals surface area contributed by atoms with E-state index in [1.807, 2.05) is 24.3 Å². The fraction of sp³-hybridized carbons (Fsp3) is 0.200. The molecule has 0 atom stereocenters. The highest BCUT2D eigenvalue weighted by Gasteiger charge is 1.83. The Morgan fingerprint density at radius 3 is 2.45 bits per heavy atom. The molecule has 0 N–H and O–H groups in total. The van der Waals surface area contributed by atoms with Crippen molar-refractivity contribution in [3.05, 3.63) is 35.4 Å². The molecule has 0 bridgehead atoms. The van der Waals surface area contributed by atoms with Crippen molar-refractivity contribution in [3.63, 3.8) is 0 Å². The van der Waals surface area contributed by atoms with Crippen LogP contribution in [-0.2, 0) is 0 Å². The second-order valence-electron chi connectivity index (χ2n) is 2.37. The summed E-state index contributed by atoms with van der Waals surface area (Å²) >= 11 is 0. The van der Waals surface area contributed by atoms with Gasteiger partial charge < -0.3 is 0 Å². The van der Waals surface area contributed by atoms with Gasteiger partial charge in [-0.15, -0.1) is 5.92 Å². The zero-order valence-corrected chi connectivity index (χ0v) is 6.59. The summed E-state index contributed by atoms with van der Waals surface area (Å²) in [5.74, 6) is 5.76. The number of benzene rings is 1. The predicted octanol–water partition coefficient (Wildman–Crippen LogP) is 1.93. The summed E-state index contributed by atoms with van der Waals surface area (Å²) in [4.78, 5) is 0. The molecule has 0 saturated heterocycles. The number of rotatable bonds is 0. The van der Waals surface area contributed by atoms with E-state index in [4.69, 9.17) is 7.85 Å². The van der Waals surface area contributed by atoms with Crippen molar-refractivity contribution in [2.75, 3.05) is 0 Å². The first kappa shape index (κ1) is 7.95. The average Bonchev–Trinajstić information content (AvgIpc) is 2.04. The highest BCUT2D eigenvalue weighted by Crippen LogP contribution is 2.00. The van der Waals surface area contributed by atoms with Crippen LogP contribution >= 0.6 is 0 Å². The molecule has 0 aliphatic carbocycles. The van der Waals surface area contributed by atoms with Crippen molar-refractivity contribution in [2.24, 2.45) is 0 Å². The quantitative estimate of drug-likeness (QED) is 0.381. The van der Waals surface area contributed by atoms with Gasteiger partial charge in [0.25, 0.3) is 0 Å². The number of hydrogen-bond acceptors (Lipinski definition) is 0. The van der Waals surface area contributed by atoms with Gasteiger partial charge >= 0.3 is 0 Å². The Morgan fingerprint density at radius 2 is 1.91 bits per heavy atom. The highest BCUT2D eigenvalue weighted by atomic mass is 13.9. The minimum atomic E-state index is 0.424. The Morgan fingerprint density at radius 1 is 1.27 bits per heavy atom. The molecule has 11 heavy (non-hydrogen) atoms. The van der Waals surface area contributed by atoms with E-state index >= 15 is 0 Å². The molecule has 0 aliphatic rings. The van der Waals surface area contributed by atoms with Gasteiger partial charge in [0.15, 0.2) is 0 Å². The van der Waals surface area contributed by atoms with Crippen molar-refractivity contribution < 1.29 is 0 Å². The normalized spacial score (nSPS) is 8.45. The van der Waals surface area contributed by atoms with Gasteiger partial charge in [0.1, 0.15) is 0 Å². The molecule has 0 aliphatic heterocycles. The lowest BCUT2D eigenvalue weighted by Gasteiger charge is -1.90. The molecule has 1 aromatic rings. The molecule has 0 unspecified atom stereocenters. The first-order valence-electron chi connectivity index (χ1n) is 3.58. The zero-order chi connectivity index (χ0) is 8.10. The van der Waals surface area contributed by atoms with Gasteiger partial charge in [-0.05, 0) is 25.4 Å². The maximum atomic E-state index is 5.23. The summed E-state index contributed by atoms with van der Waals surface area (Å²) in [6.45, 7) is 2.06. The number of aryl methyl sites for hydroxylation is 1. The second kappa shape index (κ2) is 3.88. The van der Waals surface area contributed by atoms with Gasteiger partial charge in [0, 0.05) is 5.56 Å². The van der Waals surface area contributed by atoms with E-state index in [9.17, 15) is 0 Å². The molecule has 0 aromatic heterocycles. The van der Waals surface area contributed by atoms with Crippen LogP contribution < -0.4 is 0 Å². The Bertz CT molecular complexity index is 274. The summed E-state index contributed by atoms with van der Waals surface area (Å²) in [7, 11) is 5.23. The van der Waals surface area contributed by atoms with Crippen molar-refractivity contribution in [1.29, 1.82) is 0 Å². The maximum Gasteiger partial charge on any atom is 0.0828 e. The molecule has 1 aromatic carbocycles. The lowest BCUT2D eigenvalue weighted by Crippen LogP contribution is -1.74. The van der Waals surface area contributed by atoms with Crippen molar-refractivity contribution in [3.8, 4) is 11.8 Å². The van der Waals surface area contributed by atoms with Crippen LogP contribution in [0.5, 0.6) is 0 Å². The molecule has 0 saturated carbocycles. The van der Waals surface area contributed by atoms with Crippen LogP contribution in [-0.4, -0.2) is 7.85 Å². The van der Waals surface area contributed by atoms with Gasteiger partial charge in [0.05, 0.1) is 7.85 Å². The monoisotopic (exact) mass is 140 g/mol. The van der Waals surface area contributed by atoms with Gasteiger partial charge in [-0.1, -0.05) is 23.6 Å². The van der Waals surface area contributed by atoms with E-state index < -0.39 is 0 Å². The van der Waals surface area contributed by atoms with E-state index in [0.29, 0.717) is 6.32 Å². The van der Waals surface area contributed by atoms with Gasteiger partial charge in [-0.2, -0.15) is 0 Å². The standard InChI is InChI=1S/C10H9B/c1-9-4-6-10(7-5-9)3-2-8-11/h4-7H,8H2,1H3. The molecular formula is C10H9B. The van der Waals surface area contributed by atoms with Crippen LogP contribution in [0.4, 0.5) is 0 Å². The van der Waals surface area contributed by atoms with Crippen LogP contribution in [0.1, 0.15) is 11.1 Å². The van der Waals surface area contributed by atoms with Crippen LogP contribution in [0, 0.1) is 18.8 Å². The molecule has 52 valence electrons. The third-order valence-corrected chi connectivity index (χ3v) is 1.39. The zero-order valence-electron chi connectivity index (χ0n) is 6.59. The topological polar surface area (TPSA) is 0 Å². The summed E-state index contributed by atoms with van der Waals surface area (Å²) in [6.07, 6.45) is 0.424. The average molecular weight is 140 g/mol. The Labute approximate surface area is 69.0 Å². The van der Waals surface area contributed by atoms with E-state index in [0.717, 1.165) is 5.56 Å².